The number of Topliss-reactive ketones (excluding diaryl/α,β-unsaturated/α-hetero) is 1. The summed E-state index contributed by atoms with van der Waals surface area (Å²) in [4.78, 5) is 31.1. The van der Waals surface area contributed by atoms with Crippen molar-refractivity contribution >= 4 is 23.1 Å². The monoisotopic (exact) mass is 414 g/mol. The van der Waals surface area contributed by atoms with E-state index >= 15 is 0 Å². The second-order valence-electron chi connectivity index (χ2n) is 7.78. The van der Waals surface area contributed by atoms with Crippen LogP contribution in [0.25, 0.3) is 5.57 Å². The molecule has 7 nitrogen and oxygen atoms in total. The van der Waals surface area contributed by atoms with Crippen LogP contribution in [0.3, 0.4) is 0 Å². The Morgan fingerprint density at radius 1 is 1.10 bits per heavy atom. The largest absolute Gasteiger partial charge is 0.472 e. The molecule has 3 aromatic rings. The summed E-state index contributed by atoms with van der Waals surface area (Å²) in [5, 5.41) is 6.21. The number of furan rings is 1. The molecule has 4 heterocycles. The number of nitrogens with zero attached hydrogens (tertiary/aromatic N) is 2. The third kappa shape index (κ3) is 4.00. The van der Waals surface area contributed by atoms with Crippen LogP contribution in [0.5, 0.6) is 0 Å². The molecule has 1 unspecified atom stereocenters. The van der Waals surface area contributed by atoms with Crippen LogP contribution in [0.1, 0.15) is 33.5 Å². The summed E-state index contributed by atoms with van der Waals surface area (Å²) in [6.07, 6.45) is 9.26. The molecule has 0 fully saturated rings. The van der Waals surface area contributed by atoms with Crippen molar-refractivity contribution in [3.63, 3.8) is 0 Å². The number of aromatic nitrogens is 1. The first-order valence-electron chi connectivity index (χ1n) is 10.2. The molecule has 0 bridgehead atoms. The molecule has 2 N–H and O–H groups in total. The molecular formula is C24H22N4O3. The maximum Gasteiger partial charge on any atom is 0.322 e. The van der Waals surface area contributed by atoms with Crippen LogP contribution >= 0.6 is 0 Å². The first-order valence-corrected chi connectivity index (χ1v) is 10.2. The Labute approximate surface area is 179 Å². The average molecular weight is 414 g/mol. The van der Waals surface area contributed by atoms with Gasteiger partial charge in [-0.3, -0.25) is 9.78 Å². The normalized spacial score (nSPS) is 17.7. The van der Waals surface area contributed by atoms with E-state index < -0.39 is 0 Å². The lowest BCUT2D eigenvalue weighted by Crippen LogP contribution is -2.39. The predicted molar refractivity (Wildman–Crippen MR) is 116 cm³/mol. The molecule has 31 heavy (non-hydrogen) atoms. The van der Waals surface area contributed by atoms with Crippen LogP contribution in [-0.4, -0.2) is 34.3 Å². The Hall–Kier alpha value is -3.71. The van der Waals surface area contributed by atoms with Gasteiger partial charge in [-0.1, -0.05) is 18.2 Å². The quantitative estimate of drug-likeness (QED) is 0.633. The first kappa shape index (κ1) is 19.3. The molecule has 0 spiro atoms. The number of fused-ring (bicyclic) bond motifs is 1. The molecule has 2 aromatic heterocycles. The van der Waals surface area contributed by atoms with Gasteiger partial charge in [-0.2, -0.15) is 0 Å². The Morgan fingerprint density at radius 2 is 1.94 bits per heavy atom. The van der Waals surface area contributed by atoms with Gasteiger partial charge in [0.1, 0.15) is 6.26 Å². The molecule has 0 aliphatic carbocycles. The third-order valence-corrected chi connectivity index (χ3v) is 5.78. The number of amides is 2. The summed E-state index contributed by atoms with van der Waals surface area (Å²) in [5.74, 6) is 0.0324. The molecule has 1 aromatic carbocycles. The molecule has 2 aliphatic heterocycles. The van der Waals surface area contributed by atoms with Crippen molar-refractivity contribution in [1.29, 1.82) is 0 Å². The van der Waals surface area contributed by atoms with Crippen molar-refractivity contribution in [3.05, 3.63) is 89.6 Å². The summed E-state index contributed by atoms with van der Waals surface area (Å²) in [6.45, 7) is 1.79. The third-order valence-electron chi connectivity index (χ3n) is 5.78. The van der Waals surface area contributed by atoms with Gasteiger partial charge in [0.05, 0.1) is 17.9 Å². The number of benzene rings is 1. The number of carbonyl (C=O) groups is 2. The highest BCUT2D eigenvalue weighted by atomic mass is 16.3. The number of ketones is 1. The van der Waals surface area contributed by atoms with E-state index in [1.165, 1.54) is 12.5 Å². The van der Waals surface area contributed by atoms with Gasteiger partial charge in [-0.05, 0) is 52.9 Å². The van der Waals surface area contributed by atoms with E-state index in [0.717, 1.165) is 28.0 Å². The number of anilines is 1. The van der Waals surface area contributed by atoms with Crippen molar-refractivity contribution in [2.24, 2.45) is 0 Å². The minimum Gasteiger partial charge on any atom is -0.472 e. The SMILES string of the molecule is O=C(c1ccoc1)C1CC(c2ccc(NC(=O)N3Cc4ccncc4C3)cc2)=CCN1. The lowest BCUT2D eigenvalue weighted by Gasteiger charge is -2.23. The van der Waals surface area contributed by atoms with Gasteiger partial charge in [0.15, 0.2) is 5.78 Å². The minimum absolute atomic E-state index is 0.0324. The second-order valence-corrected chi connectivity index (χ2v) is 7.78. The number of rotatable bonds is 4. The predicted octanol–water partition coefficient (Wildman–Crippen LogP) is 3.85. The van der Waals surface area contributed by atoms with Crippen molar-refractivity contribution in [1.82, 2.24) is 15.2 Å². The fraction of sp³-hybridized carbons (Fsp3) is 0.208. The molecule has 2 amide bonds. The summed E-state index contributed by atoms with van der Waals surface area (Å²) < 4.78 is 5.03. The molecule has 0 saturated carbocycles. The zero-order valence-corrected chi connectivity index (χ0v) is 16.9. The molecule has 0 saturated heterocycles. The fourth-order valence-electron chi connectivity index (χ4n) is 4.06. The van der Waals surface area contributed by atoms with Crippen molar-refractivity contribution in [3.8, 4) is 0 Å². The van der Waals surface area contributed by atoms with Crippen LogP contribution in [0, 0.1) is 0 Å². The smallest absolute Gasteiger partial charge is 0.322 e. The highest BCUT2D eigenvalue weighted by Crippen LogP contribution is 2.26. The van der Waals surface area contributed by atoms with Crippen molar-refractivity contribution < 1.29 is 14.0 Å². The first-order chi connectivity index (χ1) is 15.2. The van der Waals surface area contributed by atoms with Gasteiger partial charge in [0, 0.05) is 37.7 Å². The van der Waals surface area contributed by atoms with Crippen LogP contribution in [0.2, 0.25) is 0 Å². The zero-order valence-electron chi connectivity index (χ0n) is 16.9. The molecule has 1 atom stereocenters. The van der Waals surface area contributed by atoms with Crippen molar-refractivity contribution in [2.45, 2.75) is 25.6 Å². The second kappa shape index (κ2) is 8.20. The number of hydrogen-bond acceptors (Lipinski definition) is 5. The molecular weight excluding hydrogens is 392 g/mol. The van der Waals surface area contributed by atoms with Gasteiger partial charge in [0.25, 0.3) is 0 Å². The number of hydrogen-bond donors (Lipinski definition) is 2. The van der Waals surface area contributed by atoms with Gasteiger partial charge in [0.2, 0.25) is 0 Å². The highest BCUT2D eigenvalue weighted by molar-refractivity contribution is 6.01. The van der Waals surface area contributed by atoms with E-state index in [4.69, 9.17) is 4.42 Å². The van der Waals surface area contributed by atoms with E-state index in [2.05, 4.69) is 21.7 Å². The molecule has 0 radical (unpaired) electrons. The van der Waals surface area contributed by atoms with Gasteiger partial charge >= 0.3 is 6.03 Å². The Bertz CT molecular complexity index is 1110. The number of nitrogens with one attached hydrogen (secondary N) is 2. The maximum absolute atomic E-state index is 12.6. The Balaban J connectivity index is 1.22. The number of urea groups is 1. The van der Waals surface area contributed by atoms with E-state index in [1.54, 1.807) is 17.2 Å². The summed E-state index contributed by atoms with van der Waals surface area (Å²) >= 11 is 0. The lowest BCUT2D eigenvalue weighted by atomic mass is 9.92. The van der Waals surface area contributed by atoms with Gasteiger partial charge < -0.3 is 20.0 Å². The highest BCUT2D eigenvalue weighted by Gasteiger charge is 2.25. The summed E-state index contributed by atoms with van der Waals surface area (Å²) in [5.41, 5.74) is 5.70. The van der Waals surface area contributed by atoms with E-state index in [0.29, 0.717) is 31.6 Å². The molecule has 7 heteroatoms. The summed E-state index contributed by atoms with van der Waals surface area (Å²) in [7, 11) is 0. The topological polar surface area (TPSA) is 87.5 Å². The maximum atomic E-state index is 12.6. The zero-order chi connectivity index (χ0) is 21.2. The van der Waals surface area contributed by atoms with Crippen molar-refractivity contribution in [2.75, 3.05) is 11.9 Å². The van der Waals surface area contributed by atoms with E-state index in [9.17, 15) is 9.59 Å². The van der Waals surface area contributed by atoms with Crippen LogP contribution < -0.4 is 10.6 Å². The van der Waals surface area contributed by atoms with Crippen LogP contribution in [-0.2, 0) is 13.1 Å². The number of pyridine rings is 1. The minimum atomic E-state index is -0.275. The Kier molecular flexibility index (Phi) is 5.09. The fourth-order valence-corrected chi connectivity index (χ4v) is 4.06. The average Bonchev–Trinajstić information content (AvgIpc) is 3.49. The molecule has 156 valence electrons. The molecule has 5 rings (SSSR count). The van der Waals surface area contributed by atoms with E-state index in [1.807, 2.05) is 36.5 Å². The van der Waals surface area contributed by atoms with E-state index in [-0.39, 0.29) is 17.9 Å². The summed E-state index contributed by atoms with van der Waals surface area (Å²) in [6, 6.07) is 11.0. The van der Waals surface area contributed by atoms with Crippen LogP contribution in [0.15, 0.2) is 71.8 Å². The Morgan fingerprint density at radius 3 is 2.71 bits per heavy atom. The molecule has 2 aliphatic rings. The van der Waals surface area contributed by atoms with Crippen LogP contribution in [0.4, 0.5) is 10.5 Å². The number of carbonyl (C=O) groups excluding carboxylic acids is 2. The standard InChI is InChI=1S/C24H22N4O3/c29-23(19-7-10-31-15-19)22-11-17(6-9-26-22)16-1-3-21(4-2-16)27-24(30)28-13-18-5-8-25-12-20(18)14-28/h1-8,10,12,15,22,26H,9,11,13-14H2,(H,27,30). The van der Waals surface area contributed by atoms with Gasteiger partial charge in [-0.15, -0.1) is 0 Å². The lowest BCUT2D eigenvalue weighted by molar-refractivity contribution is 0.0944. The van der Waals surface area contributed by atoms with Gasteiger partial charge in [-0.25, -0.2) is 4.79 Å².